The van der Waals surface area contributed by atoms with Gasteiger partial charge in [0.15, 0.2) is 0 Å². The fourth-order valence-electron chi connectivity index (χ4n) is 3.76. The van der Waals surface area contributed by atoms with Crippen molar-refractivity contribution in [3.05, 3.63) is 89.2 Å². The van der Waals surface area contributed by atoms with E-state index in [4.69, 9.17) is 14.5 Å². The van der Waals surface area contributed by atoms with Crippen LogP contribution in [0.1, 0.15) is 22.5 Å². The van der Waals surface area contributed by atoms with Crippen LogP contribution in [-0.4, -0.2) is 27.4 Å². The van der Waals surface area contributed by atoms with Crippen molar-refractivity contribution in [1.29, 1.82) is 0 Å². The Morgan fingerprint density at radius 2 is 1.65 bits per heavy atom. The Morgan fingerprint density at radius 3 is 2.42 bits per heavy atom. The van der Waals surface area contributed by atoms with Gasteiger partial charge in [0.25, 0.3) is 0 Å². The van der Waals surface area contributed by atoms with E-state index in [1.165, 1.54) is 0 Å². The number of hydrogen-bond donors (Lipinski definition) is 1. The number of nitrogens with zero attached hydrogens (tertiary/aromatic N) is 2. The van der Waals surface area contributed by atoms with Crippen molar-refractivity contribution in [2.75, 3.05) is 6.61 Å². The van der Waals surface area contributed by atoms with Crippen LogP contribution in [0.25, 0.3) is 11.0 Å². The van der Waals surface area contributed by atoms with Crippen LogP contribution < -0.4 is 9.47 Å². The molecule has 0 aliphatic rings. The Labute approximate surface area is 182 Å². The van der Waals surface area contributed by atoms with Crippen molar-refractivity contribution in [1.82, 2.24) is 9.55 Å². The van der Waals surface area contributed by atoms with Crippen LogP contribution >= 0.6 is 0 Å². The van der Waals surface area contributed by atoms with Crippen LogP contribution in [0.2, 0.25) is 0 Å². The van der Waals surface area contributed by atoms with Gasteiger partial charge in [-0.1, -0.05) is 42.5 Å². The van der Waals surface area contributed by atoms with E-state index in [9.17, 15) is 5.11 Å². The van der Waals surface area contributed by atoms with Crippen molar-refractivity contribution in [3.63, 3.8) is 0 Å². The highest BCUT2D eigenvalue weighted by Gasteiger charge is 2.16. The van der Waals surface area contributed by atoms with E-state index in [1.807, 2.05) is 92.1 Å². The number of ether oxygens (including phenoxy) is 2. The van der Waals surface area contributed by atoms with E-state index in [0.717, 1.165) is 45.0 Å². The second-order valence-electron chi connectivity index (χ2n) is 7.92. The largest absolute Gasteiger partial charge is 0.490 e. The van der Waals surface area contributed by atoms with Gasteiger partial charge in [-0.2, -0.15) is 0 Å². The van der Waals surface area contributed by atoms with Crippen LogP contribution in [0.4, 0.5) is 0 Å². The smallest absolute Gasteiger partial charge is 0.148 e. The number of rotatable bonds is 8. The minimum atomic E-state index is -0.686. The summed E-state index contributed by atoms with van der Waals surface area (Å²) in [5.74, 6) is 2.41. The molecule has 4 rings (SSSR count). The van der Waals surface area contributed by atoms with Crippen LogP contribution in [-0.2, 0) is 13.2 Å². The maximum absolute atomic E-state index is 10.8. The van der Waals surface area contributed by atoms with Crippen LogP contribution in [0.5, 0.6) is 11.5 Å². The Hall–Kier alpha value is -3.31. The molecule has 1 heterocycles. The van der Waals surface area contributed by atoms with Gasteiger partial charge in [0, 0.05) is 0 Å². The van der Waals surface area contributed by atoms with Crippen LogP contribution in [0, 0.1) is 20.8 Å². The standard InChI is InChI=1S/C26H28N2O3/c1-18-8-6-11-22(14-18)30-17-25-27-23-12-4-5-13-24(23)28(25)15-21(29)16-31-26-19(2)9-7-10-20(26)3/h4-14,21,29H,15-17H2,1-3H3/t21-/m1/s1. The Morgan fingerprint density at radius 1 is 0.903 bits per heavy atom. The molecule has 0 aliphatic carbocycles. The van der Waals surface area contributed by atoms with Gasteiger partial charge in [0.1, 0.15) is 36.6 Å². The molecular formula is C26H28N2O3. The molecule has 0 fully saturated rings. The summed E-state index contributed by atoms with van der Waals surface area (Å²) in [7, 11) is 0. The molecule has 0 unspecified atom stereocenters. The van der Waals surface area contributed by atoms with E-state index >= 15 is 0 Å². The maximum atomic E-state index is 10.8. The number of aryl methyl sites for hydroxylation is 3. The third-order valence-electron chi connectivity index (χ3n) is 5.31. The quantitative estimate of drug-likeness (QED) is 0.440. The Bertz CT molecular complexity index is 1160. The second-order valence-corrected chi connectivity index (χ2v) is 7.92. The monoisotopic (exact) mass is 416 g/mol. The molecule has 3 aromatic carbocycles. The number of aromatic nitrogens is 2. The van der Waals surface area contributed by atoms with Crippen molar-refractivity contribution < 1.29 is 14.6 Å². The molecule has 5 nitrogen and oxygen atoms in total. The molecule has 1 N–H and O–H groups in total. The predicted molar refractivity (Wildman–Crippen MR) is 123 cm³/mol. The molecule has 1 aromatic heterocycles. The van der Waals surface area contributed by atoms with Gasteiger partial charge < -0.3 is 19.1 Å². The van der Waals surface area contributed by atoms with Gasteiger partial charge in [0.05, 0.1) is 17.6 Å². The van der Waals surface area contributed by atoms with Gasteiger partial charge in [0.2, 0.25) is 0 Å². The summed E-state index contributed by atoms with van der Waals surface area (Å²) >= 11 is 0. The molecule has 0 spiro atoms. The maximum Gasteiger partial charge on any atom is 0.148 e. The first-order valence-electron chi connectivity index (χ1n) is 10.5. The first-order valence-corrected chi connectivity index (χ1v) is 10.5. The summed E-state index contributed by atoms with van der Waals surface area (Å²) in [4.78, 5) is 4.74. The molecule has 0 radical (unpaired) electrons. The average Bonchev–Trinajstić information content (AvgIpc) is 3.09. The van der Waals surface area contributed by atoms with E-state index < -0.39 is 6.10 Å². The third-order valence-corrected chi connectivity index (χ3v) is 5.31. The molecule has 0 saturated heterocycles. The van der Waals surface area contributed by atoms with Crippen molar-refractivity contribution >= 4 is 11.0 Å². The summed E-state index contributed by atoms with van der Waals surface area (Å²) in [5, 5.41) is 10.8. The fourth-order valence-corrected chi connectivity index (χ4v) is 3.76. The zero-order valence-corrected chi connectivity index (χ0v) is 18.2. The minimum absolute atomic E-state index is 0.205. The first kappa shape index (κ1) is 20.9. The Balaban J connectivity index is 1.51. The van der Waals surface area contributed by atoms with E-state index in [1.54, 1.807) is 0 Å². The number of imidazole rings is 1. The van der Waals surface area contributed by atoms with Crippen LogP contribution in [0.15, 0.2) is 66.7 Å². The summed E-state index contributed by atoms with van der Waals surface area (Å²) < 4.78 is 14.0. The van der Waals surface area contributed by atoms with E-state index in [2.05, 4.69) is 0 Å². The molecular weight excluding hydrogens is 388 g/mol. The van der Waals surface area contributed by atoms with Crippen molar-refractivity contribution in [2.45, 2.75) is 40.0 Å². The highest BCUT2D eigenvalue weighted by Crippen LogP contribution is 2.23. The molecule has 0 bridgehead atoms. The fraction of sp³-hybridized carbons (Fsp3) is 0.269. The molecule has 0 amide bonds. The van der Waals surface area contributed by atoms with Gasteiger partial charge in [-0.3, -0.25) is 0 Å². The number of aliphatic hydroxyl groups is 1. The minimum Gasteiger partial charge on any atom is -0.490 e. The lowest BCUT2D eigenvalue weighted by molar-refractivity contribution is 0.0911. The average molecular weight is 417 g/mol. The predicted octanol–water partition coefficient (Wildman–Crippen LogP) is 4.98. The lowest BCUT2D eigenvalue weighted by Gasteiger charge is -2.18. The highest BCUT2D eigenvalue weighted by molar-refractivity contribution is 5.75. The summed E-state index contributed by atoms with van der Waals surface area (Å²) in [6, 6.07) is 21.9. The number of fused-ring (bicyclic) bond motifs is 1. The summed E-state index contributed by atoms with van der Waals surface area (Å²) in [6.07, 6.45) is -0.686. The number of hydrogen-bond acceptors (Lipinski definition) is 4. The SMILES string of the molecule is Cc1cccc(OCc2nc3ccccc3n2C[C@@H](O)COc2c(C)cccc2C)c1. The molecule has 0 saturated carbocycles. The topological polar surface area (TPSA) is 56.5 Å². The van der Waals surface area contributed by atoms with Gasteiger partial charge in [-0.15, -0.1) is 0 Å². The van der Waals surface area contributed by atoms with Gasteiger partial charge >= 0.3 is 0 Å². The molecule has 31 heavy (non-hydrogen) atoms. The van der Waals surface area contributed by atoms with E-state index in [-0.39, 0.29) is 6.61 Å². The zero-order chi connectivity index (χ0) is 21.8. The highest BCUT2D eigenvalue weighted by atomic mass is 16.5. The van der Waals surface area contributed by atoms with Gasteiger partial charge in [-0.05, 0) is 61.7 Å². The molecule has 1 atom stereocenters. The third kappa shape index (κ3) is 4.89. The molecule has 160 valence electrons. The number of para-hydroxylation sites is 3. The lowest BCUT2D eigenvalue weighted by Crippen LogP contribution is -2.25. The normalized spacial score (nSPS) is 12.1. The molecule has 4 aromatic rings. The van der Waals surface area contributed by atoms with Crippen molar-refractivity contribution in [3.8, 4) is 11.5 Å². The first-order chi connectivity index (χ1) is 15.0. The summed E-state index contributed by atoms with van der Waals surface area (Å²) in [6.45, 7) is 6.96. The molecule has 0 aliphatic heterocycles. The van der Waals surface area contributed by atoms with Gasteiger partial charge in [-0.25, -0.2) is 4.98 Å². The van der Waals surface area contributed by atoms with E-state index in [0.29, 0.717) is 13.2 Å². The summed E-state index contributed by atoms with van der Waals surface area (Å²) in [5.41, 5.74) is 5.12. The molecule has 5 heteroatoms. The lowest BCUT2D eigenvalue weighted by atomic mass is 10.1. The second kappa shape index (κ2) is 9.23. The van der Waals surface area contributed by atoms with Crippen LogP contribution in [0.3, 0.4) is 0 Å². The van der Waals surface area contributed by atoms with Crippen molar-refractivity contribution in [2.24, 2.45) is 0 Å². The Kier molecular flexibility index (Phi) is 6.23. The zero-order valence-electron chi connectivity index (χ0n) is 18.2. The number of benzene rings is 3. The number of aliphatic hydroxyl groups excluding tert-OH is 1.